The first-order valence-electron chi connectivity index (χ1n) is 10.1. The second-order valence-corrected chi connectivity index (χ2v) is 7.44. The molecule has 0 radical (unpaired) electrons. The minimum Gasteiger partial charge on any atom is -0.490 e. The van der Waals surface area contributed by atoms with Crippen molar-refractivity contribution < 1.29 is 27.4 Å². The number of methoxy groups -OCH3 is 1. The number of benzene rings is 2. The lowest BCUT2D eigenvalue weighted by Gasteiger charge is -2.27. The zero-order valence-electron chi connectivity index (χ0n) is 16.9. The molecule has 0 saturated carbocycles. The van der Waals surface area contributed by atoms with E-state index in [0.717, 1.165) is 66.8 Å². The Morgan fingerprint density at radius 2 is 1.97 bits per heavy atom. The maximum atomic E-state index is 12.6. The number of halogens is 3. The van der Waals surface area contributed by atoms with Gasteiger partial charge in [0.15, 0.2) is 0 Å². The lowest BCUT2D eigenvalue weighted by atomic mass is 9.94. The highest BCUT2D eigenvalue weighted by atomic mass is 19.4. The van der Waals surface area contributed by atoms with E-state index in [9.17, 15) is 18.0 Å². The maximum absolute atomic E-state index is 12.6. The van der Waals surface area contributed by atoms with Crippen molar-refractivity contribution >= 4 is 5.97 Å². The number of carbonyl (C=O) groups excluding carboxylic acids is 1. The fraction of sp³-hybridized carbons (Fsp3) is 0.435. The highest BCUT2D eigenvalue weighted by Gasteiger charge is 2.29. The number of carbonyl (C=O) groups is 1. The highest BCUT2D eigenvalue weighted by Crippen LogP contribution is 2.32. The summed E-state index contributed by atoms with van der Waals surface area (Å²) in [5.74, 6) is 0.579. The normalized spacial score (nSPS) is 15.9. The van der Waals surface area contributed by atoms with Crippen molar-refractivity contribution in [1.29, 1.82) is 0 Å². The quantitative estimate of drug-likeness (QED) is 0.497. The first-order chi connectivity index (χ1) is 14.4. The van der Waals surface area contributed by atoms with Crippen LogP contribution in [0.4, 0.5) is 13.2 Å². The van der Waals surface area contributed by atoms with Gasteiger partial charge in [0.25, 0.3) is 0 Å². The number of nitrogens with one attached hydrogen (secondary N) is 1. The van der Waals surface area contributed by atoms with Gasteiger partial charge in [-0.15, -0.1) is 0 Å². The van der Waals surface area contributed by atoms with Crippen LogP contribution in [0.3, 0.4) is 0 Å². The molecular weight excluding hydrogens is 395 g/mol. The van der Waals surface area contributed by atoms with Crippen molar-refractivity contribution in [2.24, 2.45) is 0 Å². The van der Waals surface area contributed by atoms with Crippen LogP contribution in [-0.2, 0) is 35.1 Å². The Balaban J connectivity index is 1.41. The third kappa shape index (κ3) is 5.98. The van der Waals surface area contributed by atoms with E-state index in [1.165, 1.54) is 19.2 Å². The molecule has 0 fully saturated rings. The second kappa shape index (κ2) is 9.98. The summed E-state index contributed by atoms with van der Waals surface area (Å²) >= 11 is 0. The molecule has 0 spiro atoms. The summed E-state index contributed by atoms with van der Waals surface area (Å²) in [6.07, 6.45) is -0.371. The Morgan fingerprint density at radius 1 is 1.20 bits per heavy atom. The lowest BCUT2D eigenvalue weighted by molar-refractivity contribution is -0.140. The summed E-state index contributed by atoms with van der Waals surface area (Å²) < 4.78 is 48.6. The van der Waals surface area contributed by atoms with Crippen molar-refractivity contribution in [2.75, 3.05) is 13.7 Å². The van der Waals surface area contributed by atoms with Gasteiger partial charge < -0.3 is 14.8 Å². The summed E-state index contributed by atoms with van der Waals surface area (Å²) in [4.78, 5) is 11.6. The van der Waals surface area contributed by atoms with Crippen LogP contribution in [0.1, 0.15) is 41.5 Å². The van der Waals surface area contributed by atoms with Crippen molar-refractivity contribution in [3.8, 4) is 5.75 Å². The third-order valence-corrected chi connectivity index (χ3v) is 5.29. The van der Waals surface area contributed by atoms with Crippen LogP contribution in [0.2, 0.25) is 0 Å². The van der Waals surface area contributed by atoms with Crippen molar-refractivity contribution in [1.82, 2.24) is 5.32 Å². The lowest BCUT2D eigenvalue weighted by Crippen LogP contribution is -2.25. The predicted molar refractivity (Wildman–Crippen MR) is 107 cm³/mol. The van der Waals surface area contributed by atoms with E-state index in [1.807, 2.05) is 18.2 Å². The molecule has 162 valence electrons. The van der Waals surface area contributed by atoms with Gasteiger partial charge in [-0.3, -0.25) is 4.79 Å². The van der Waals surface area contributed by atoms with E-state index in [2.05, 4.69) is 5.32 Å². The molecule has 0 aromatic heterocycles. The molecule has 4 nitrogen and oxygen atoms in total. The molecule has 2 aromatic rings. The van der Waals surface area contributed by atoms with E-state index >= 15 is 0 Å². The van der Waals surface area contributed by atoms with Gasteiger partial charge >= 0.3 is 12.1 Å². The molecule has 0 saturated heterocycles. The van der Waals surface area contributed by atoms with Crippen LogP contribution in [0.25, 0.3) is 0 Å². The standard InChI is InChI=1S/C23H26F3NO3/c1-29-22(28)14-17-4-2-6-21-20(17)12-11-19(30-21)5-3-13-27-15-16-7-9-18(10-8-16)23(24,25)26/h2,4,6-10,19,27H,3,5,11-15H2,1H3. The van der Waals surface area contributed by atoms with E-state index < -0.39 is 11.7 Å². The Kier molecular flexibility index (Phi) is 7.37. The van der Waals surface area contributed by atoms with E-state index in [4.69, 9.17) is 9.47 Å². The first kappa shape index (κ1) is 22.2. The molecule has 1 unspecified atom stereocenters. The van der Waals surface area contributed by atoms with E-state index in [-0.39, 0.29) is 18.5 Å². The Morgan fingerprint density at radius 3 is 2.67 bits per heavy atom. The van der Waals surface area contributed by atoms with E-state index in [1.54, 1.807) is 0 Å². The number of hydrogen-bond donors (Lipinski definition) is 1. The molecule has 1 atom stereocenters. The number of alkyl halides is 3. The monoisotopic (exact) mass is 421 g/mol. The van der Waals surface area contributed by atoms with Crippen LogP contribution >= 0.6 is 0 Å². The summed E-state index contributed by atoms with van der Waals surface area (Å²) in [5, 5.41) is 3.27. The largest absolute Gasteiger partial charge is 0.490 e. The predicted octanol–water partition coefficient (Wildman–Crippen LogP) is 4.68. The van der Waals surface area contributed by atoms with Crippen LogP contribution in [-0.4, -0.2) is 25.7 Å². The highest BCUT2D eigenvalue weighted by molar-refractivity contribution is 5.73. The molecule has 1 heterocycles. The van der Waals surface area contributed by atoms with Crippen molar-refractivity contribution in [2.45, 2.75) is 50.9 Å². The molecule has 2 aromatic carbocycles. The molecule has 0 bridgehead atoms. The van der Waals surface area contributed by atoms with Gasteiger partial charge in [0.2, 0.25) is 0 Å². The molecule has 3 rings (SSSR count). The van der Waals surface area contributed by atoms with Gasteiger partial charge in [-0.25, -0.2) is 0 Å². The zero-order valence-corrected chi connectivity index (χ0v) is 16.9. The molecule has 1 N–H and O–H groups in total. The Labute approximate surface area is 174 Å². The Hall–Kier alpha value is -2.54. The third-order valence-electron chi connectivity index (χ3n) is 5.29. The second-order valence-electron chi connectivity index (χ2n) is 7.44. The smallest absolute Gasteiger partial charge is 0.416 e. The molecule has 30 heavy (non-hydrogen) atoms. The number of fused-ring (bicyclic) bond motifs is 1. The minimum atomic E-state index is -4.30. The molecule has 7 heteroatoms. The Bertz CT molecular complexity index is 850. The van der Waals surface area contributed by atoms with Crippen LogP contribution in [0.15, 0.2) is 42.5 Å². The average Bonchev–Trinajstić information content (AvgIpc) is 2.73. The first-order valence-corrected chi connectivity index (χ1v) is 10.1. The number of hydrogen-bond acceptors (Lipinski definition) is 4. The average molecular weight is 421 g/mol. The van der Waals surface area contributed by atoms with Crippen LogP contribution in [0.5, 0.6) is 5.75 Å². The fourth-order valence-corrected chi connectivity index (χ4v) is 3.64. The summed E-state index contributed by atoms with van der Waals surface area (Å²) in [6, 6.07) is 11.0. The molecule has 1 aliphatic rings. The summed E-state index contributed by atoms with van der Waals surface area (Å²) in [7, 11) is 1.38. The summed E-state index contributed by atoms with van der Waals surface area (Å²) in [5.41, 5.74) is 2.23. The fourth-order valence-electron chi connectivity index (χ4n) is 3.64. The van der Waals surface area contributed by atoms with E-state index in [0.29, 0.717) is 6.54 Å². The number of esters is 1. The SMILES string of the molecule is COC(=O)Cc1cccc2c1CCC(CCCNCc1ccc(C(F)(F)F)cc1)O2. The molecule has 1 aliphatic heterocycles. The molecule has 0 aliphatic carbocycles. The maximum Gasteiger partial charge on any atom is 0.416 e. The van der Waals surface area contributed by atoms with Gasteiger partial charge in [0, 0.05) is 6.54 Å². The van der Waals surface area contributed by atoms with Crippen LogP contribution in [0, 0.1) is 0 Å². The van der Waals surface area contributed by atoms with Gasteiger partial charge in [-0.1, -0.05) is 24.3 Å². The van der Waals surface area contributed by atoms with Gasteiger partial charge in [-0.05, 0) is 67.1 Å². The topological polar surface area (TPSA) is 47.6 Å². The minimum absolute atomic E-state index is 0.124. The van der Waals surface area contributed by atoms with Crippen molar-refractivity contribution in [3.63, 3.8) is 0 Å². The van der Waals surface area contributed by atoms with Crippen molar-refractivity contribution in [3.05, 3.63) is 64.7 Å². The van der Waals surface area contributed by atoms with Crippen LogP contribution < -0.4 is 10.1 Å². The van der Waals surface area contributed by atoms with Gasteiger partial charge in [0.1, 0.15) is 5.75 Å². The van der Waals surface area contributed by atoms with Gasteiger partial charge in [0.05, 0.1) is 25.2 Å². The molecule has 0 amide bonds. The molecular formula is C23H26F3NO3. The number of rotatable bonds is 8. The zero-order chi connectivity index (χ0) is 21.6. The van der Waals surface area contributed by atoms with Gasteiger partial charge in [-0.2, -0.15) is 13.2 Å². The summed E-state index contributed by atoms with van der Waals surface area (Å²) in [6.45, 7) is 1.29. The number of ether oxygens (including phenoxy) is 2.